The van der Waals surface area contributed by atoms with Gasteiger partial charge < -0.3 is 5.32 Å². The van der Waals surface area contributed by atoms with Crippen LogP contribution in [0.5, 0.6) is 0 Å². The predicted molar refractivity (Wildman–Crippen MR) is 82.5 cm³/mol. The molecule has 0 saturated carbocycles. The molecule has 1 heterocycles. The third-order valence-electron chi connectivity index (χ3n) is 3.26. The Morgan fingerprint density at radius 1 is 1.30 bits per heavy atom. The van der Waals surface area contributed by atoms with E-state index in [2.05, 4.69) is 28.5 Å². The van der Waals surface area contributed by atoms with Gasteiger partial charge >= 0.3 is 0 Å². The molecule has 0 spiro atoms. The fourth-order valence-electron chi connectivity index (χ4n) is 2.22. The van der Waals surface area contributed by atoms with Gasteiger partial charge in [0.05, 0.1) is 5.52 Å². The Morgan fingerprint density at radius 3 is 2.90 bits per heavy atom. The van der Waals surface area contributed by atoms with Crippen molar-refractivity contribution in [2.75, 3.05) is 6.54 Å². The number of carbonyl (C=O) groups excluding carboxylic acids is 1. The second kappa shape index (κ2) is 6.85. The lowest BCUT2D eigenvalue weighted by Crippen LogP contribution is -2.26. The van der Waals surface area contributed by atoms with E-state index >= 15 is 0 Å². The molecule has 1 aromatic heterocycles. The van der Waals surface area contributed by atoms with E-state index in [1.165, 1.54) is 5.56 Å². The molecule has 0 unspecified atom stereocenters. The molecule has 0 aliphatic heterocycles. The van der Waals surface area contributed by atoms with E-state index in [-0.39, 0.29) is 5.91 Å². The minimum Gasteiger partial charge on any atom is -0.352 e. The molecule has 3 nitrogen and oxygen atoms in total. The molecule has 0 radical (unpaired) electrons. The second-order valence-electron chi connectivity index (χ2n) is 4.79. The van der Waals surface area contributed by atoms with Gasteiger partial charge in [0.15, 0.2) is 0 Å². The van der Waals surface area contributed by atoms with Crippen molar-refractivity contribution in [2.24, 2.45) is 0 Å². The first-order valence-electron chi connectivity index (χ1n) is 7.00. The molecule has 0 aliphatic carbocycles. The van der Waals surface area contributed by atoms with Gasteiger partial charge in [-0.2, -0.15) is 0 Å². The van der Waals surface area contributed by atoms with Crippen LogP contribution in [0.1, 0.15) is 25.8 Å². The van der Waals surface area contributed by atoms with Crippen LogP contribution < -0.4 is 5.32 Å². The number of pyridine rings is 1. The highest BCUT2D eigenvalue weighted by Gasteiger charge is 2.04. The molecule has 0 atom stereocenters. The summed E-state index contributed by atoms with van der Waals surface area (Å²) in [6.07, 6.45) is 5.42. The number of amides is 1. The highest BCUT2D eigenvalue weighted by molar-refractivity contribution is 5.92. The normalized spacial score (nSPS) is 11.6. The highest BCUT2D eigenvalue weighted by atomic mass is 16.1. The van der Waals surface area contributed by atoms with Crippen molar-refractivity contribution < 1.29 is 4.79 Å². The van der Waals surface area contributed by atoms with Crippen molar-refractivity contribution in [3.8, 4) is 0 Å². The van der Waals surface area contributed by atoms with Crippen molar-refractivity contribution in [1.82, 2.24) is 10.3 Å². The monoisotopic (exact) mass is 268 g/mol. The van der Waals surface area contributed by atoms with Crippen molar-refractivity contribution in [3.05, 3.63) is 53.7 Å². The molecule has 0 saturated heterocycles. The third-order valence-corrected chi connectivity index (χ3v) is 3.26. The van der Waals surface area contributed by atoms with Gasteiger partial charge in [0.1, 0.15) is 0 Å². The average molecular weight is 268 g/mol. The first-order valence-corrected chi connectivity index (χ1v) is 7.00. The lowest BCUT2D eigenvalue weighted by molar-refractivity contribution is -0.117. The van der Waals surface area contributed by atoms with E-state index in [4.69, 9.17) is 0 Å². The second-order valence-corrected chi connectivity index (χ2v) is 4.79. The summed E-state index contributed by atoms with van der Waals surface area (Å²) in [5, 5.41) is 4.08. The van der Waals surface area contributed by atoms with Gasteiger partial charge in [-0.05, 0) is 31.4 Å². The van der Waals surface area contributed by atoms with Crippen LogP contribution in [0.25, 0.3) is 10.9 Å². The number of benzene rings is 1. The highest BCUT2D eigenvalue weighted by Crippen LogP contribution is 2.15. The van der Waals surface area contributed by atoms with Gasteiger partial charge in [-0.15, -0.1) is 0 Å². The summed E-state index contributed by atoms with van der Waals surface area (Å²) in [7, 11) is 0. The van der Waals surface area contributed by atoms with E-state index < -0.39 is 0 Å². The lowest BCUT2D eigenvalue weighted by atomic mass is 10.1. The van der Waals surface area contributed by atoms with Gasteiger partial charge in [0, 0.05) is 23.7 Å². The largest absolute Gasteiger partial charge is 0.352 e. The zero-order valence-corrected chi connectivity index (χ0v) is 12.0. The molecular formula is C17H20N2O. The minimum absolute atomic E-state index is 0.0139. The number of para-hydroxylation sites is 1. The Labute approximate surface area is 119 Å². The van der Waals surface area contributed by atoms with Crippen LogP contribution >= 0.6 is 0 Å². The van der Waals surface area contributed by atoms with Gasteiger partial charge in [0.25, 0.3) is 0 Å². The molecule has 3 heteroatoms. The van der Waals surface area contributed by atoms with E-state index in [0.717, 1.165) is 29.3 Å². The number of nitrogens with zero attached hydrogens (tertiary/aromatic N) is 1. The van der Waals surface area contributed by atoms with Crippen molar-refractivity contribution in [2.45, 2.75) is 26.7 Å². The van der Waals surface area contributed by atoms with Crippen molar-refractivity contribution in [1.29, 1.82) is 0 Å². The number of rotatable bonds is 5. The Hall–Kier alpha value is -2.16. The van der Waals surface area contributed by atoms with Gasteiger partial charge in [-0.3, -0.25) is 9.78 Å². The van der Waals surface area contributed by atoms with Crippen LogP contribution in [0.15, 0.2) is 48.2 Å². The molecule has 1 N–H and O–H groups in total. The molecule has 0 bridgehead atoms. The number of carbonyl (C=O) groups is 1. The number of allylic oxidation sites excluding steroid dienone is 1. The molecule has 2 rings (SSSR count). The minimum atomic E-state index is 0.0139. The van der Waals surface area contributed by atoms with E-state index in [9.17, 15) is 4.79 Å². The van der Waals surface area contributed by atoms with E-state index in [1.807, 2.05) is 32.1 Å². The predicted octanol–water partition coefficient (Wildman–Crippen LogP) is 3.25. The van der Waals surface area contributed by atoms with Gasteiger partial charge in [0.2, 0.25) is 5.91 Å². The first kappa shape index (κ1) is 14.3. The number of hydrogen-bond acceptors (Lipinski definition) is 2. The Morgan fingerprint density at radius 2 is 2.10 bits per heavy atom. The molecular weight excluding hydrogens is 248 g/mol. The fraction of sp³-hybridized carbons (Fsp3) is 0.294. The smallest absolute Gasteiger partial charge is 0.246 e. The molecule has 0 fully saturated rings. The molecule has 1 amide bonds. The molecule has 1 aromatic carbocycles. The van der Waals surface area contributed by atoms with Crippen LogP contribution in [0.2, 0.25) is 0 Å². The first-order chi connectivity index (χ1) is 9.72. The molecule has 2 aromatic rings. The van der Waals surface area contributed by atoms with Crippen molar-refractivity contribution in [3.63, 3.8) is 0 Å². The van der Waals surface area contributed by atoms with Crippen LogP contribution in [0.4, 0.5) is 0 Å². The summed E-state index contributed by atoms with van der Waals surface area (Å²) >= 11 is 0. The summed E-state index contributed by atoms with van der Waals surface area (Å²) in [6.45, 7) is 4.50. The molecule has 104 valence electrons. The number of fused-ring (bicyclic) bond motifs is 1. The topological polar surface area (TPSA) is 42.0 Å². The van der Waals surface area contributed by atoms with Gasteiger partial charge in [-0.25, -0.2) is 0 Å². The maximum absolute atomic E-state index is 11.8. The SMILES string of the molecule is CC/C=C(\C)C(=O)NCCc1cccc2cccnc12. The van der Waals surface area contributed by atoms with E-state index in [1.54, 1.807) is 6.20 Å². The number of aromatic nitrogens is 1. The summed E-state index contributed by atoms with van der Waals surface area (Å²) in [5.41, 5.74) is 2.97. The van der Waals surface area contributed by atoms with Gasteiger partial charge in [-0.1, -0.05) is 37.3 Å². The molecule has 0 aliphatic rings. The number of hydrogen-bond donors (Lipinski definition) is 1. The fourth-order valence-corrected chi connectivity index (χ4v) is 2.22. The maximum atomic E-state index is 11.8. The van der Waals surface area contributed by atoms with Crippen LogP contribution in [-0.2, 0) is 11.2 Å². The lowest BCUT2D eigenvalue weighted by Gasteiger charge is -2.07. The zero-order chi connectivity index (χ0) is 14.4. The molecule has 20 heavy (non-hydrogen) atoms. The van der Waals surface area contributed by atoms with E-state index in [0.29, 0.717) is 6.54 Å². The zero-order valence-electron chi connectivity index (χ0n) is 12.0. The summed E-state index contributed by atoms with van der Waals surface area (Å²) in [4.78, 5) is 16.2. The Kier molecular flexibility index (Phi) is 4.88. The summed E-state index contributed by atoms with van der Waals surface area (Å²) < 4.78 is 0. The van der Waals surface area contributed by atoms with Crippen LogP contribution in [0.3, 0.4) is 0 Å². The Bertz CT molecular complexity index is 626. The van der Waals surface area contributed by atoms with Crippen LogP contribution in [0, 0.1) is 0 Å². The van der Waals surface area contributed by atoms with Crippen molar-refractivity contribution >= 4 is 16.8 Å². The summed E-state index contributed by atoms with van der Waals surface area (Å²) in [5.74, 6) is 0.0139. The average Bonchev–Trinajstić information content (AvgIpc) is 2.47. The quantitative estimate of drug-likeness (QED) is 0.846. The maximum Gasteiger partial charge on any atom is 0.246 e. The number of nitrogens with one attached hydrogen (secondary N) is 1. The third kappa shape index (κ3) is 3.44. The summed E-state index contributed by atoms with van der Waals surface area (Å²) in [6, 6.07) is 10.1. The Balaban J connectivity index is 2.00. The standard InChI is InChI=1S/C17H20N2O/c1-3-6-13(2)17(20)19-12-10-15-8-4-7-14-9-5-11-18-16(14)15/h4-9,11H,3,10,12H2,1-2H3,(H,19,20)/b13-6+. The van der Waals surface area contributed by atoms with Crippen LogP contribution in [-0.4, -0.2) is 17.4 Å².